The van der Waals surface area contributed by atoms with E-state index in [1.165, 1.54) is 6.07 Å². The second-order valence-corrected chi connectivity index (χ2v) is 3.15. The molecular formula is C9H9NO4. The Labute approximate surface area is 80.3 Å². The predicted molar refractivity (Wildman–Crippen MR) is 48.1 cm³/mol. The van der Waals surface area contributed by atoms with Crippen LogP contribution in [0.1, 0.15) is 11.1 Å². The first-order chi connectivity index (χ1) is 6.68. The molecule has 1 aliphatic heterocycles. The third kappa shape index (κ3) is 1.42. The van der Waals surface area contributed by atoms with Crippen LogP contribution in [0.25, 0.3) is 0 Å². The van der Waals surface area contributed by atoms with Crippen LogP contribution in [0.4, 0.5) is 5.69 Å². The molecule has 0 atom stereocenters. The zero-order valence-corrected chi connectivity index (χ0v) is 7.65. The van der Waals surface area contributed by atoms with Gasteiger partial charge in [0.1, 0.15) is 0 Å². The fourth-order valence-electron chi connectivity index (χ4n) is 1.52. The Morgan fingerprint density at radius 2 is 2.29 bits per heavy atom. The maximum absolute atomic E-state index is 10.5. The van der Waals surface area contributed by atoms with E-state index < -0.39 is 4.92 Å². The van der Waals surface area contributed by atoms with E-state index in [0.717, 1.165) is 17.5 Å². The summed E-state index contributed by atoms with van der Waals surface area (Å²) in [4.78, 5) is 19.8. The zero-order valence-electron chi connectivity index (χ0n) is 7.65. The Morgan fingerprint density at radius 1 is 1.50 bits per heavy atom. The summed E-state index contributed by atoms with van der Waals surface area (Å²) in [6.07, 6.45) is 0.735. The van der Waals surface area contributed by atoms with Crippen LogP contribution in [0.15, 0.2) is 12.1 Å². The summed E-state index contributed by atoms with van der Waals surface area (Å²) in [6, 6.07) is 2.94. The van der Waals surface area contributed by atoms with Gasteiger partial charge in [-0.3, -0.25) is 10.1 Å². The van der Waals surface area contributed by atoms with Gasteiger partial charge in [0.2, 0.25) is 0 Å². The van der Waals surface area contributed by atoms with Crippen molar-refractivity contribution in [1.82, 2.24) is 0 Å². The van der Waals surface area contributed by atoms with Gasteiger partial charge in [0.05, 0.1) is 17.6 Å². The standard InChI is InChI=1S/C9H9NO4/c1-6-4-7(10(11)12)5-9-8(6)2-3-13-14-9/h4-5H,2-3H2,1H3. The number of rotatable bonds is 1. The lowest BCUT2D eigenvalue weighted by Crippen LogP contribution is -2.12. The number of nitro benzene ring substituents is 1. The van der Waals surface area contributed by atoms with Crippen LogP contribution in [0.5, 0.6) is 5.75 Å². The van der Waals surface area contributed by atoms with Crippen molar-refractivity contribution in [3.63, 3.8) is 0 Å². The summed E-state index contributed by atoms with van der Waals surface area (Å²) >= 11 is 0. The molecule has 0 aliphatic carbocycles. The minimum atomic E-state index is -0.439. The molecule has 0 aromatic heterocycles. The Hall–Kier alpha value is -1.62. The van der Waals surface area contributed by atoms with Gasteiger partial charge in [0.15, 0.2) is 5.75 Å². The highest BCUT2D eigenvalue weighted by Gasteiger charge is 2.19. The molecular weight excluding hydrogens is 186 g/mol. The van der Waals surface area contributed by atoms with E-state index >= 15 is 0 Å². The van der Waals surface area contributed by atoms with E-state index in [1.54, 1.807) is 6.07 Å². The van der Waals surface area contributed by atoms with Crippen LogP contribution in [-0.4, -0.2) is 11.5 Å². The van der Waals surface area contributed by atoms with Gasteiger partial charge < -0.3 is 4.89 Å². The molecule has 0 bridgehead atoms. The fourth-order valence-corrected chi connectivity index (χ4v) is 1.52. The van der Waals surface area contributed by atoms with Crippen molar-refractivity contribution in [3.8, 4) is 5.75 Å². The average molecular weight is 195 g/mol. The quantitative estimate of drug-likeness (QED) is 0.389. The summed E-state index contributed by atoms with van der Waals surface area (Å²) < 4.78 is 0. The van der Waals surface area contributed by atoms with Gasteiger partial charge in [-0.1, -0.05) is 0 Å². The first-order valence-corrected chi connectivity index (χ1v) is 4.26. The van der Waals surface area contributed by atoms with Crippen molar-refractivity contribution < 1.29 is 14.7 Å². The van der Waals surface area contributed by atoms with Crippen molar-refractivity contribution in [2.45, 2.75) is 13.3 Å². The summed E-state index contributed by atoms with van der Waals surface area (Å²) in [5, 5.41) is 10.5. The Balaban J connectivity index is 2.51. The predicted octanol–water partition coefficient (Wildman–Crippen LogP) is 1.77. The molecule has 0 fully saturated rings. The van der Waals surface area contributed by atoms with Gasteiger partial charge in [-0.2, -0.15) is 4.89 Å². The van der Waals surface area contributed by atoms with Gasteiger partial charge >= 0.3 is 0 Å². The van der Waals surface area contributed by atoms with Crippen molar-refractivity contribution in [2.24, 2.45) is 0 Å². The molecule has 0 saturated carbocycles. The average Bonchev–Trinajstić information content (AvgIpc) is 2.17. The molecule has 0 amide bonds. The second-order valence-electron chi connectivity index (χ2n) is 3.15. The number of aryl methyl sites for hydroxylation is 1. The molecule has 0 unspecified atom stereocenters. The highest BCUT2D eigenvalue weighted by molar-refractivity contribution is 5.49. The molecule has 1 aromatic carbocycles. The van der Waals surface area contributed by atoms with E-state index in [-0.39, 0.29) is 5.69 Å². The molecule has 5 heteroatoms. The lowest BCUT2D eigenvalue weighted by Gasteiger charge is -2.16. The first-order valence-electron chi connectivity index (χ1n) is 4.26. The second kappa shape index (κ2) is 3.26. The lowest BCUT2D eigenvalue weighted by atomic mass is 10.0. The number of nitro groups is 1. The molecule has 74 valence electrons. The van der Waals surface area contributed by atoms with E-state index in [0.29, 0.717) is 12.4 Å². The molecule has 0 N–H and O–H groups in total. The van der Waals surface area contributed by atoms with Crippen LogP contribution < -0.4 is 4.89 Å². The normalized spacial score (nSPS) is 14.4. The fraction of sp³-hybridized carbons (Fsp3) is 0.333. The monoisotopic (exact) mass is 195 g/mol. The van der Waals surface area contributed by atoms with Gasteiger partial charge in [-0.15, -0.1) is 0 Å². The molecule has 1 heterocycles. The topological polar surface area (TPSA) is 61.6 Å². The minimum Gasteiger partial charge on any atom is -0.337 e. The molecule has 0 radical (unpaired) electrons. The Kier molecular flexibility index (Phi) is 2.09. The SMILES string of the molecule is Cc1cc([N+](=O)[O-])cc2c1CCOO2. The number of hydrogen-bond donors (Lipinski definition) is 0. The van der Waals surface area contributed by atoms with Gasteiger partial charge in [-0.25, -0.2) is 0 Å². The lowest BCUT2D eigenvalue weighted by molar-refractivity contribution is -0.385. The molecule has 1 aromatic rings. The number of benzene rings is 1. The van der Waals surface area contributed by atoms with Gasteiger partial charge in [0.25, 0.3) is 5.69 Å². The molecule has 5 nitrogen and oxygen atoms in total. The molecule has 0 saturated heterocycles. The van der Waals surface area contributed by atoms with Crippen molar-refractivity contribution >= 4 is 5.69 Å². The zero-order chi connectivity index (χ0) is 10.1. The van der Waals surface area contributed by atoms with E-state index in [2.05, 4.69) is 0 Å². The third-order valence-electron chi connectivity index (χ3n) is 2.21. The molecule has 2 rings (SSSR count). The summed E-state index contributed by atoms with van der Waals surface area (Å²) in [6.45, 7) is 2.33. The largest absolute Gasteiger partial charge is 0.337 e. The molecule has 1 aliphatic rings. The van der Waals surface area contributed by atoms with Crippen molar-refractivity contribution in [3.05, 3.63) is 33.4 Å². The summed E-state index contributed by atoms with van der Waals surface area (Å²) in [5.41, 5.74) is 1.89. The van der Waals surface area contributed by atoms with Crippen molar-refractivity contribution in [1.29, 1.82) is 0 Å². The maximum atomic E-state index is 10.5. The number of non-ortho nitro benzene ring substituents is 1. The number of nitrogens with zero attached hydrogens (tertiary/aromatic N) is 1. The summed E-state index contributed by atoms with van der Waals surface area (Å²) in [7, 11) is 0. The van der Waals surface area contributed by atoms with Crippen LogP contribution in [0.2, 0.25) is 0 Å². The van der Waals surface area contributed by atoms with E-state index in [4.69, 9.17) is 9.78 Å². The highest BCUT2D eigenvalue weighted by Crippen LogP contribution is 2.31. The maximum Gasteiger partial charge on any atom is 0.273 e. The third-order valence-corrected chi connectivity index (χ3v) is 2.21. The van der Waals surface area contributed by atoms with Gasteiger partial charge in [0, 0.05) is 18.1 Å². The van der Waals surface area contributed by atoms with Gasteiger partial charge in [-0.05, 0) is 12.5 Å². The van der Waals surface area contributed by atoms with Crippen molar-refractivity contribution in [2.75, 3.05) is 6.61 Å². The number of hydrogen-bond acceptors (Lipinski definition) is 4. The summed E-state index contributed by atoms with van der Waals surface area (Å²) in [5.74, 6) is 0.461. The molecule has 14 heavy (non-hydrogen) atoms. The van der Waals surface area contributed by atoms with Crippen LogP contribution in [-0.2, 0) is 11.3 Å². The highest BCUT2D eigenvalue weighted by atomic mass is 17.2. The van der Waals surface area contributed by atoms with E-state index in [9.17, 15) is 10.1 Å². The van der Waals surface area contributed by atoms with Crippen LogP contribution in [0.3, 0.4) is 0 Å². The van der Waals surface area contributed by atoms with Crippen LogP contribution >= 0.6 is 0 Å². The van der Waals surface area contributed by atoms with E-state index in [1.807, 2.05) is 6.92 Å². The smallest absolute Gasteiger partial charge is 0.273 e. The minimum absolute atomic E-state index is 0.0340. The van der Waals surface area contributed by atoms with Crippen LogP contribution in [0, 0.1) is 17.0 Å². The Bertz CT molecular complexity index is 389. The number of fused-ring (bicyclic) bond motifs is 1. The molecule has 0 spiro atoms. The Morgan fingerprint density at radius 3 is 3.00 bits per heavy atom. The first kappa shape index (κ1) is 8.96.